The van der Waals surface area contributed by atoms with Gasteiger partial charge >= 0.3 is 0 Å². The molecular weight excluding hydrogens is 402 g/mol. The zero-order chi connectivity index (χ0) is 22.6. The van der Waals surface area contributed by atoms with Gasteiger partial charge in [0.2, 0.25) is 5.91 Å². The van der Waals surface area contributed by atoms with Crippen molar-refractivity contribution < 1.29 is 23.1 Å². The smallest absolute Gasteiger partial charge is 0.223 e. The van der Waals surface area contributed by atoms with E-state index in [1.54, 1.807) is 12.0 Å². The number of benzene rings is 2. The maximum atomic E-state index is 14.2. The van der Waals surface area contributed by atoms with E-state index in [2.05, 4.69) is 5.16 Å². The van der Waals surface area contributed by atoms with Crippen molar-refractivity contribution in [3.63, 3.8) is 0 Å². The molecule has 1 aliphatic heterocycles. The van der Waals surface area contributed by atoms with E-state index < -0.39 is 11.6 Å². The van der Waals surface area contributed by atoms with Crippen LogP contribution in [0.3, 0.4) is 0 Å². The van der Waals surface area contributed by atoms with Crippen LogP contribution in [-0.2, 0) is 16.2 Å². The zero-order valence-electron chi connectivity index (χ0n) is 18.3. The van der Waals surface area contributed by atoms with Crippen LogP contribution in [0.15, 0.2) is 47.6 Å². The lowest BCUT2D eigenvalue weighted by molar-refractivity contribution is -0.135. The van der Waals surface area contributed by atoms with Gasteiger partial charge in [-0.05, 0) is 23.6 Å². The van der Waals surface area contributed by atoms with E-state index in [1.165, 1.54) is 12.1 Å². The van der Waals surface area contributed by atoms with Crippen LogP contribution >= 0.6 is 0 Å². The number of nitrogens with zero attached hydrogens (tertiary/aromatic N) is 2. The molecule has 1 atom stereocenters. The minimum Gasteiger partial charge on any atom is -0.496 e. The normalized spacial score (nSPS) is 15.9. The topological polar surface area (TPSA) is 51.1 Å². The molecule has 7 heteroatoms. The molecule has 1 heterocycles. The maximum absolute atomic E-state index is 14.2. The third kappa shape index (κ3) is 6.03. The Morgan fingerprint density at radius 2 is 1.97 bits per heavy atom. The first-order valence-electron chi connectivity index (χ1n) is 10.2. The molecule has 0 bridgehead atoms. The van der Waals surface area contributed by atoms with Crippen LogP contribution in [0.2, 0.25) is 0 Å². The van der Waals surface area contributed by atoms with E-state index in [1.807, 2.05) is 45.0 Å². The summed E-state index contributed by atoms with van der Waals surface area (Å²) in [7, 11) is 1.59. The van der Waals surface area contributed by atoms with Crippen molar-refractivity contribution in [2.24, 2.45) is 10.6 Å². The number of hydrogen-bond acceptors (Lipinski definition) is 4. The van der Waals surface area contributed by atoms with Crippen molar-refractivity contribution in [3.05, 3.63) is 65.2 Å². The molecule has 31 heavy (non-hydrogen) atoms. The number of oxime groups is 1. The van der Waals surface area contributed by atoms with Crippen LogP contribution in [0.4, 0.5) is 8.78 Å². The molecule has 0 saturated carbocycles. The average molecular weight is 430 g/mol. The zero-order valence-corrected chi connectivity index (χ0v) is 18.3. The molecule has 2 aromatic carbocycles. The standard InChI is InChI=1S/C24H28F2N2O3/c1-24(2,3)13-23(29)28(14-16-9-10-17(25)11-20(16)26)15-18-12-21(27-31-18)19-7-5-6-8-22(19)30-4/h5-11,18H,12-15H2,1-4H3/t18-/m1/s1. The van der Waals surface area contributed by atoms with Gasteiger partial charge < -0.3 is 14.5 Å². The number of methoxy groups -OCH3 is 1. The number of para-hydroxylation sites is 1. The summed E-state index contributed by atoms with van der Waals surface area (Å²) in [5.74, 6) is -0.750. The number of carbonyl (C=O) groups is 1. The van der Waals surface area contributed by atoms with E-state index in [9.17, 15) is 13.6 Å². The van der Waals surface area contributed by atoms with Crippen molar-refractivity contribution in [1.82, 2.24) is 4.90 Å². The summed E-state index contributed by atoms with van der Waals surface area (Å²) in [5.41, 5.74) is 1.60. The predicted molar refractivity (Wildman–Crippen MR) is 115 cm³/mol. The molecule has 2 aromatic rings. The summed E-state index contributed by atoms with van der Waals surface area (Å²) >= 11 is 0. The lowest BCUT2D eigenvalue weighted by Gasteiger charge is -2.28. The monoisotopic (exact) mass is 430 g/mol. The lowest BCUT2D eigenvalue weighted by Crippen LogP contribution is -2.39. The quantitative estimate of drug-likeness (QED) is 0.626. The number of rotatable bonds is 7. The van der Waals surface area contributed by atoms with Crippen molar-refractivity contribution in [1.29, 1.82) is 0 Å². The number of carbonyl (C=O) groups excluding carboxylic acids is 1. The molecule has 0 fully saturated rings. The van der Waals surface area contributed by atoms with Gasteiger partial charge in [0.15, 0.2) is 6.10 Å². The minimum absolute atomic E-state index is 0.0326. The van der Waals surface area contributed by atoms with Crippen molar-refractivity contribution in [2.45, 2.75) is 46.3 Å². The van der Waals surface area contributed by atoms with Crippen LogP contribution in [0.5, 0.6) is 5.75 Å². The highest BCUT2D eigenvalue weighted by Crippen LogP contribution is 2.26. The van der Waals surface area contributed by atoms with Gasteiger partial charge in [0.1, 0.15) is 17.4 Å². The largest absolute Gasteiger partial charge is 0.496 e. The first-order valence-corrected chi connectivity index (χ1v) is 10.2. The van der Waals surface area contributed by atoms with E-state index in [4.69, 9.17) is 9.57 Å². The predicted octanol–water partition coefficient (Wildman–Crippen LogP) is 4.93. The molecule has 0 spiro atoms. The Hall–Kier alpha value is -2.96. The molecule has 1 aliphatic rings. The van der Waals surface area contributed by atoms with Crippen LogP contribution < -0.4 is 4.74 Å². The van der Waals surface area contributed by atoms with Crippen molar-refractivity contribution in [3.8, 4) is 5.75 Å². The van der Waals surface area contributed by atoms with Crippen LogP contribution in [0, 0.1) is 17.0 Å². The first-order chi connectivity index (χ1) is 14.7. The first kappa shape index (κ1) is 22.7. The summed E-state index contributed by atoms with van der Waals surface area (Å²) in [6.07, 6.45) is 0.418. The van der Waals surface area contributed by atoms with Crippen LogP contribution in [0.1, 0.15) is 44.7 Å². The summed E-state index contributed by atoms with van der Waals surface area (Å²) < 4.78 is 32.9. The Balaban J connectivity index is 1.75. The number of ether oxygens (including phenoxy) is 1. The summed E-state index contributed by atoms with van der Waals surface area (Å²) in [5, 5.41) is 4.19. The second-order valence-electron chi connectivity index (χ2n) is 8.92. The molecule has 0 aromatic heterocycles. The van der Waals surface area contributed by atoms with Gasteiger partial charge in [-0.2, -0.15) is 0 Å². The fourth-order valence-electron chi connectivity index (χ4n) is 3.49. The Morgan fingerprint density at radius 1 is 1.23 bits per heavy atom. The highest BCUT2D eigenvalue weighted by Gasteiger charge is 2.30. The Bertz CT molecular complexity index is 970. The molecule has 0 N–H and O–H groups in total. The van der Waals surface area contributed by atoms with Crippen molar-refractivity contribution >= 4 is 11.6 Å². The molecule has 3 rings (SSSR count). The third-order valence-electron chi connectivity index (χ3n) is 4.99. The van der Waals surface area contributed by atoms with Gasteiger partial charge in [0, 0.05) is 36.6 Å². The molecule has 0 saturated heterocycles. The van der Waals surface area contributed by atoms with Gasteiger partial charge in [-0.15, -0.1) is 0 Å². The summed E-state index contributed by atoms with van der Waals surface area (Å²) in [6.45, 7) is 6.18. The maximum Gasteiger partial charge on any atom is 0.223 e. The number of halogens is 2. The fourth-order valence-corrected chi connectivity index (χ4v) is 3.49. The Morgan fingerprint density at radius 3 is 2.65 bits per heavy atom. The second kappa shape index (κ2) is 9.45. The van der Waals surface area contributed by atoms with E-state index in [-0.39, 0.29) is 36.1 Å². The molecule has 166 valence electrons. The SMILES string of the molecule is COc1ccccc1C1=NO[C@@H](CN(Cc2ccc(F)cc2F)C(=O)CC(C)(C)C)C1. The van der Waals surface area contributed by atoms with Crippen LogP contribution in [0.25, 0.3) is 0 Å². The Kier molecular flexibility index (Phi) is 6.93. The van der Waals surface area contributed by atoms with Gasteiger partial charge in [-0.25, -0.2) is 8.78 Å². The molecule has 0 radical (unpaired) electrons. The highest BCUT2D eigenvalue weighted by molar-refractivity contribution is 6.03. The van der Waals surface area contributed by atoms with Gasteiger partial charge in [0.05, 0.1) is 19.4 Å². The molecule has 0 unspecified atom stereocenters. The van der Waals surface area contributed by atoms with Gasteiger partial charge in [-0.1, -0.05) is 44.1 Å². The van der Waals surface area contributed by atoms with E-state index >= 15 is 0 Å². The van der Waals surface area contributed by atoms with Crippen LogP contribution in [-0.4, -0.2) is 36.3 Å². The van der Waals surface area contributed by atoms with Gasteiger partial charge in [-0.3, -0.25) is 4.79 Å². The fraction of sp³-hybridized carbons (Fsp3) is 0.417. The molecule has 0 aliphatic carbocycles. The average Bonchev–Trinajstić information content (AvgIpc) is 3.16. The summed E-state index contributed by atoms with van der Waals surface area (Å²) in [6, 6.07) is 10.9. The van der Waals surface area contributed by atoms with Crippen molar-refractivity contribution in [2.75, 3.05) is 13.7 Å². The number of amides is 1. The van der Waals surface area contributed by atoms with E-state index in [0.717, 1.165) is 17.3 Å². The molecular formula is C24H28F2N2O3. The molecule has 5 nitrogen and oxygen atoms in total. The lowest BCUT2D eigenvalue weighted by atomic mass is 9.91. The Labute approximate surface area is 181 Å². The minimum atomic E-state index is -0.674. The van der Waals surface area contributed by atoms with Gasteiger partial charge in [0.25, 0.3) is 0 Å². The highest BCUT2D eigenvalue weighted by atomic mass is 19.1. The second-order valence-corrected chi connectivity index (χ2v) is 8.92. The van der Waals surface area contributed by atoms with E-state index in [0.29, 0.717) is 18.6 Å². The number of hydrogen-bond donors (Lipinski definition) is 0. The third-order valence-corrected chi connectivity index (χ3v) is 4.99. The molecule has 1 amide bonds. The summed E-state index contributed by atoms with van der Waals surface area (Å²) in [4.78, 5) is 20.2.